The predicted molar refractivity (Wildman–Crippen MR) is 78.5 cm³/mol. The standard InChI is InChI=1S/C15H24O9/c1-2-6-10(17)14(21)11(18)7(23-6)3-4-8-12(19)15(22)13(20)9(5-16)24-8/h1,6-22H,3-5H2/t6-,7+,8-,9+,10-,11+,12-,13+,14+,15+/m0/s1. The molecule has 0 aromatic carbocycles. The van der Waals surface area contributed by atoms with Crippen LogP contribution in [0.3, 0.4) is 0 Å². The second-order valence-corrected chi connectivity index (χ2v) is 6.18. The SMILES string of the molecule is C#C[C@@H]1O[C@H](CC[C@@H]2O[C@H](CO)[C@@H](O)[C@H](O)[C@H]2O)[C@@H](O)[C@H](O)[C@H]1O. The van der Waals surface area contributed by atoms with Crippen LogP contribution < -0.4 is 0 Å². The van der Waals surface area contributed by atoms with E-state index >= 15 is 0 Å². The molecule has 10 atom stereocenters. The summed E-state index contributed by atoms with van der Waals surface area (Å²) in [7, 11) is 0. The van der Waals surface area contributed by atoms with Crippen molar-refractivity contribution in [3.05, 3.63) is 0 Å². The highest BCUT2D eigenvalue weighted by Crippen LogP contribution is 2.28. The molecule has 2 aliphatic heterocycles. The quantitative estimate of drug-likeness (QED) is 0.252. The van der Waals surface area contributed by atoms with E-state index in [4.69, 9.17) is 21.0 Å². The van der Waals surface area contributed by atoms with Gasteiger partial charge in [-0.2, -0.15) is 0 Å². The van der Waals surface area contributed by atoms with Gasteiger partial charge in [0, 0.05) is 0 Å². The third-order valence-electron chi connectivity index (χ3n) is 4.60. The maximum absolute atomic E-state index is 9.97. The van der Waals surface area contributed by atoms with E-state index < -0.39 is 67.6 Å². The molecule has 0 aliphatic carbocycles. The first-order valence-electron chi connectivity index (χ1n) is 7.78. The fraction of sp³-hybridized carbons (Fsp3) is 0.867. The van der Waals surface area contributed by atoms with Crippen LogP contribution in [0, 0.1) is 12.3 Å². The molecule has 2 heterocycles. The maximum atomic E-state index is 9.97. The van der Waals surface area contributed by atoms with Crippen molar-refractivity contribution in [1.82, 2.24) is 0 Å². The van der Waals surface area contributed by atoms with Crippen LogP contribution in [-0.4, -0.2) is 103 Å². The third-order valence-corrected chi connectivity index (χ3v) is 4.60. The van der Waals surface area contributed by atoms with Gasteiger partial charge in [0.2, 0.25) is 0 Å². The van der Waals surface area contributed by atoms with Crippen LogP contribution >= 0.6 is 0 Å². The molecule has 9 nitrogen and oxygen atoms in total. The highest BCUT2D eigenvalue weighted by molar-refractivity contribution is 5.06. The molecule has 2 aliphatic rings. The van der Waals surface area contributed by atoms with Crippen molar-refractivity contribution >= 4 is 0 Å². The smallest absolute Gasteiger partial charge is 0.146 e. The summed E-state index contributed by atoms with van der Waals surface area (Å²) in [5, 5.41) is 68.0. The molecule has 0 spiro atoms. The van der Waals surface area contributed by atoms with Crippen LogP contribution in [0.15, 0.2) is 0 Å². The Kier molecular flexibility index (Phi) is 6.55. The van der Waals surface area contributed by atoms with E-state index in [9.17, 15) is 30.6 Å². The van der Waals surface area contributed by atoms with E-state index in [1.807, 2.05) is 0 Å². The minimum atomic E-state index is -1.48. The van der Waals surface area contributed by atoms with E-state index in [0.717, 1.165) is 0 Å². The van der Waals surface area contributed by atoms with Gasteiger partial charge in [0.05, 0.1) is 18.8 Å². The van der Waals surface area contributed by atoms with Gasteiger partial charge in [-0.25, -0.2) is 0 Å². The van der Waals surface area contributed by atoms with Gasteiger partial charge in [-0.15, -0.1) is 6.42 Å². The Morgan fingerprint density at radius 2 is 1.12 bits per heavy atom. The summed E-state index contributed by atoms with van der Waals surface area (Å²) in [6.07, 6.45) is -7.07. The van der Waals surface area contributed by atoms with E-state index in [2.05, 4.69) is 5.92 Å². The van der Waals surface area contributed by atoms with Crippen LogP contribution in [0.5, 0.6) is 0 Å². The zero-order chi connectivity index (χ0) is 18.0. The van der Waals surface area contributed by atoms with Crippen LogP contribution in [0.2, 0.25) is 0 Å². The lowest BCUT2D eigenvalue weighted by atomic mass is 9.89. The molecule has 0 aromatic heterocycles. The normalized spacial score (nSPS) is 49.6. The molecule has 0 radical (unpaired) electrons. The zero-order valence-corrected chi connectivity index (χ0v) is 12.9. The number of ether oxygens (including phenoxy) is 2. The molecular formula is C15H24O9. The molecule has 2 rings (SSSR count). The second-order valence-electron chi connectivity index (χ2n) is 6.18. The van der Waals surface area contributed by atoms with Crippen LogP contribution in [0.1, 0.15) is 12.8 Å². The highest BCUT2D eigenvalue weighted by atomic mass is 16.5. The van der Waals surface area contributed by atoms with Gasteiger partial charge < -0.3 is 45.2 Å². The van der Waals surface area contributed by atoms with Gasteiger partial charge in [0.15, 0.2) is 0 Å². The summed E-state index contributed by atoms with van der Waals surface area (Å²) in [5.74, 6) is 2.18. The molecule has 0 saturated carbocycles. The number of hydrogen-bond acceptors (Lipinski definition) is 9. The lowest BCUT2D eigenvalue weighted by molar-refractivity contribution is -0.237. The fourth-order valence-electron chi connectivity index (χ4n) is 3.07. The Morgan fingerprint density at radius 1 is 0.667 bits per heavy atom. The first-order chi connectivity index (χ1) is 11.3. The van der Waals surface area contributed by atoms with Crippen molar-refractivity contribution in [2.45, 2.75) is 73.9 Å². The lowest BCUT2D eigenvalue weighted by Crippen LogP contribution is -2.59. The number of aliphatic hydroxyl groups excluding tert-OH is 7. The molecule has 9 heteroatoms. The van der Waals surface area contributed by atoms with Crippen LogP contribution in [0.4, 0.5) is 0 Å². The largest absolute Gasteiger partial charge is 0.394 e. The molecule has 138 valence electrons. The Hall–Kier alpha value is -0.800. The Bertz CT molecular complexity index is 451. The Labute approximate surface area is 139 Å². The molecule has 2 saturated heterocycles. The van der Waals surface area contributed by atoms with Gasteiger partial charge in [0.25, 0.3) is 0 Å². The molecule has 0 bridgehead atoms. The number of terminal acetylenes is 1. The Balaban J connectivity index is 1.98. The van der Waals surface area contributed by atoms with Gasteiger partial charge >= 0.3 is 0 Å². The van der Waals surface area contributed by atoms with Gasteiger partial charge in [-0.3, -0.25) is 0 Å². The molecule has 0 unspecified atom stereocenters. The van der Waals surface area contributed by atoms with E-state index in [0.29, 0.717) is 0 Å². The minimum absolute atomic E-state index is 0.100. The average molecular weight is 348 g/mol. The number of hydrogen-bond donors (Lipinski definition) is 7. The topological polar surface area (TPSA) is 160 Å². The Morgan fingerprint density at radius 3 is 1.62 bits per heavy atom. The van der Waals surface area contributed by atoms with E-state index in [1.165, 1.54) is 0 Å². The van der Waals surface area contributed by atoms with Gasteiger partial charge in [-0.1, -0.05) is 5.92 Å². The van der Waals surface area contributed by atoms with Crippen LogP contribution in [-0.2, 0) is 9.47 Å². The first kappa shape index (κ1) is 19.5. The maximum Gasteiger partial charge on any atom is 0.146 e. The average Bonchev–Trinajstić information content (AvgIpc) is 2.58. The van der Waals surface area contributed by atoms with Crippen molar-refractivity contribution in [2.75, 3.05) is 6.61 Å². The molecular weight excluding hydrogens is 324 g/mol. The zero-order valence-electron chi connectivity index (χ0n) is 12.9. The van der Waals surface area contributed by atoms with Crippen molar-refractivity contribution in [3.63, 3.8) is 0 Å². The number of rotatable bonds is 4. The van der Waals surface area contributed by atoms with Crippen molar-refractivity contribution < 1.29 is 45.2 Å². The van der Waals surface area contributed by atoms with Crippen LogP contribution in [0.25, 0.3) is 0 Å². The molecule has 0 aromatic rings. The summed E-state index contributed by atoms with van der Waals surface area (Å²) in [6, 6.07) is 0. The summed E-state index contributed by atoms with van der Waals surface area (Å²) in [4.78, 5) is 0. The van der Waals surface area contributed by atoms with E-state index in [-0.39, 0.29) is 12.8 Å². The first-order valence-corrected chi connectivity index (χ1v) is 7.78. The molecule has 24 heavy (non-hydrogen) atoms. The third kappa shape index (κ3) is 3.72. The molecule has 0 amide bonds. The summed E-state index contributed by atoms with van der Waals surface area (Å²) < 4.78 is 10.7. The highest BCUT2D eigenvalue weighted by Gasteiger charge is 2.46. The predicted octanol–water partition coefficient (Wildman–Crippen LogP) is -3.91. The van der Waals surface area contributed by atoms with Gasteiger partial charge in [-0.05, 0) is 12.8 Å². The summed E-state index contributed by atoms with van der Waals surface area (Å²) >= 11 is 0. The monoisotopic (exact) mass is 348 g/mol. The van der Waals surface area contributed by atoms with Crippen molar-refractivity contribution in [2.24, 2.45) is 0 Å². The summed E-state index contributed by atoms with van der Waals surface area (Å²) in [6.45, 7) is -0.534. The minimum Gasteiger partial charge on any atom is -0.394 e. The number of aliphatic hydroxyl groups is 7. The van der Waals surface area contributed by atoms with Gasteiger partial charge in [0.1, 0.15) is 48.8 Å². The second kappa shape index (κ2) is 8.05. The van der Waals surface area contributed by atoms with Crippen molar-refractivity contribution in [1.29, 1.82) is 0 Å². The molecule has 7 N–H and O–H groups in total. The fourth-order valence-corrected chi connectivity index (χ4v) is 3.07. The molecule has 2 fully saturated rings. The van der Waals surface area contributed by atoms with Crippen molar-refractivity contribution in [3.8, 4) is 12.3 Å². The lowest BCUT2D eigenvalue weighted by Gasteiger charge is -2.42. The summed E-state index contributed by atoms with van der Waals surface area (Å²) in [5.41, 5.74) is 0. The van der Waals surface area contributed by atoms with E-state index in [1.54, 1.807) is 0 Å².